The van der Waals surface area contributed by atoms with Crippen LogP contribution < -0.4 is 5.32 Å². The summed E-state index contributed by atoms with van der Waals surface area (Å²) in [5.41, 5.74) is 0. The Morgan fingerprint density at radius 1 is 1.44 bits per heavy atom. The fourth-order valence-corrected chi connectivity index (χ4v) is 2.78. The van der Waals surface area contributed by atoms with Crippen LogP contribution in [0.2, 0.25) is 0 Å². The minimum absolute atomic E-state index is 0.163. The number of nitrogens with one attached hydrogen (secondary N) is 1. The van der Waals surface area contributed by atoms with Gasteiger partial charge in [-0.3, -0.25) is 4.79 Å². The summed E-state index contributed by atoms with van der Waals surface area (Å²) in [4.78, 5) is 11.2. The highest BCUT2D eigenvalue weighted by Crippen LogP contribution is 2.33. The fourth-order valence-electron chi connectivity index (χ4n) is 2.78. The largest absolute Gasteiger partial charge is 0.469 e. The first-order valence-electron chi connectivity index (χ1n) is 6.70. The van der Waals surface area contributed by atoms with Crippen LogP contribution in [-0.2, 0) is 19.0 Å². The zero-order valence-corrected chi connectivity index (χ0v) is 11.2. The normalized spacial score (nSPS) is 33.6. The van der Waals surface area contributed by atoms with E-state index >= 15 is 0 Å². The van der Waals surface area contributed by atoms with Crippen LogP contribution in [0.5, 0.6) is 0 Å². The fraction of sp³-hybridized carbons (Fsp3) is 0.923. The van der Waals surface area contributed by atoms with Crippen LogP contribution in [0.1, 0.15) is 32.6 Å². The molecule has 2 aliphatic rings. The molecule has 0 aromatic rings. The van der Waals surface area contributed by atoms with Crippen molar-refractivity contribution in [1.29, 1.82) is 0 Å². The van der Waals surface area contributed by atoms with Crippen molar-refractivity contribution in [2.45, 2.75) is 44.5 Å². The summed E-state index contributed by atoms with van der Waals surface area (Å²) >= 11 is 0. The molecular weight excluding hydrogens is 234 g/mol. The summed E-state index contributed by atoms with van der Waals surface area (Å²) in [7, 11) is 1.40. The van der Waals surface area contributed by atoms with Crippen LogP contribution in [0.4, 0.5) is 0 Å². The number of methoxy groups -OCH3 is 1. The molecule has 0 amide bonds. The van der Waals surface area contributed by atoms with Gasteiger partial charge in [0, 0.05) is 6.42 Å². The van der Waals surface area contributed by atoms with E-state index in [1.54, 1.807) is 0 Å². The van der Waals surface area contributed by atoms with Crippen molar-refractivity contribution in [2.75, 3.05) is 26.8 Å². The summed E-state index contributed by atoms with van der Waals surface area (Å²) in [5.74, 6) is -0.122. The van der Waals surface area contributed by atoms with E-state index in [4.69, 9.17) is 9.47 Å². The SMILES string of the molecule is COC(=O)CC1COC(C)(CC2CCNCC2)O1. The monoisotopic (exact) mass is 257 g/mol. The first-order valence-corrected chi connectivity index (χ1v) is 6.70. The van der Waals surface area contributed by atoms with Gasteiger partial charge in [-0.1, -0.05) is 0 Å². The van der Waals surface area contributed by atoms with Gasteiger partial charge in [0.2, 0.25) is 0 Å². The van der Waals surface area contributed by atoms with E-state index < -0.39 is 5.79 Å². The highest BCUT2D eigenvalue weighted by Gasteiger charge is 2.39. The third kappa shape index (κ3) is 3.67. The Morgan fingerprint density at radius 2 is 2.17 bits per heavy atom. The molecule has 0 radical (unpaired) electrons. The number of hydrogen-bond acceptors (Lipinski definition) is 5. The standard InChI is InChI=1S/C13H23NO4/c1-13(8-10-3-5-14-6-4-10)17-9-11(18-13)7-12(15)16-2/h10-11,14H,3-9H2,1-2H3. The second kappa shape index (κ2) is 5.99. The molecule has 2 aliphatic heterocycles. The average Bonchev–Trinajstić information content (AvgIpc) is 2.71. The van der Waals surface area contributed by atoms with Gasteiger partial charge < -0.3 is 19.5 Å². The van der Waals surface area contributed by atoms with E-state index in [0.29, 0.717) is 12.5 Å². The predicted molar refractivity (Wildman–Crippen MR) is 66.1 cm³/mol. The summed E-state index contributed by atoms with van der Waals surface area (Å²) in [6, 6.07) is 0. The minimum atomic E-state index is -0.527. The van der Waals surface area contributed by atoms with Crippen molar-refractivity contribution >= 4 is 5.97 Å². The van der Waals surface area contributed by atoms with Gasteiger partial charge in [0.15, 0.2) is 5.79 Å². The van der Waals surface area contributed by atoms with Crippen molar-refractivity contribution in [2.24, 2.45) is 5.92 Å². The molecule has 2 unspecified atom stereocenters. The molecule has 5 heteroatoms. The number of rotatable bonds is 4. The second-order valence-corrected chi connectivity index (χ2v) is 5.36. The molecule has 2 atom stereocenters. The molecule has 2 fully saturated rings. The summed E-state index contributed by atoms with van der Waals surface area (Å²) in [5, 5.41) is 3.35. The molecule has 18 heavy (non-hydrogen) atoms. The predicted octanol–water partition coefficient (Wildman–Crippen LogP) is 1.07. The van der Waals surface area contributed by atoms with Gasteiger partial charge in [-0.25, -0.2) is 0 Å². The van der Waals surface area contributed by atoms with Crippen LogP contribution in [0.3, 0.4) is 0 Å². The van der Waals surface area contributed by atoms with Crippen molar-refractivity contribution in [3.63, 3.8) is 0 Å². The maximum atomic E-state index is 11.2. The summed E-state index contributed by atoms with van der Waals surface area (Å²) in [6.07, 6.45) is 3.36. The molecule has 0 aliphatic carbocycles. The van der Waals surface area contributed by atoms with Gasteiger partial charge in [0.25, 0.3) is 0 Å². The van der Waals surface area contributed by atoms with E-state index in [9.17, 15) is 4.79 Å². The number of carbonyl (C=O) groups is 1. The molecule has 1 N–H and O–H groups in total. The topological polar surface area (TPSA) is 56.8 Å². The van der Waals surface area contributed by atoms with Crippen molar-refractivity contribution in [1.82, 2.24) is 5.32 Å². The van der Waals surface area contributed by atoms with Crippen molar-refractivity contribution < 1.29 is 19.0 Å². The number of esters is 1. The molecule has 0 aromatic carbocycles. The Bertz CT molecular complexity index is 291. The lowest BCUT2D eigenvalue weighted by Gasteiger charge is -2.30. The molecule has 0 bridgehead atoms. The minimum Gasteiger partial charge on any atom is -0.469 e. The molecule has 2 rings (SSSR count). The van der Waals surface area contributed by atoms with Crippen LogP contribution >= 0.6 is 0 Å². The molecule has 0 spiro atoms. The number of carbonyl (C=O) groups excluding carboxylic acids is 1. The molecule has 2 heterocycles. The quantitative estimate of drug-likeness (QED) is 0.763. The summed E-state index contributed by atoms with van der Waals surface area (Å²) in [6.45, 7) is 4.61. The Balaban J connectivity index is 1.79. The van der Waals surface area contributed by atoms with Crippen LogP contribution in [0.15, 0.2) is 0 Å². The third-order valence-corrected chi connectivity index (χ3v) is 3.73. The van der Waals surface area contributed by atoms with Gasteiger partial charge in [0.1, 0.15) is 0 Å². The summed E-state index contributed by atoms with van der Waals surface area (Å²) < 4.78 is 16.3. The Morgan fingerprint density at radius 3 is 2.83 bits per heavy atom. The zero-order valence-electron chi connectivity index (χ0n) is 11.2. The smallest absolute Gasteiger partial charge is 0.308 e. The van der Waals surface area contributed by atoms with Crippen LogP contribution in [-0.4, -0.2) is 44.7 Å². The molecule has 0 saturated carbocycles. The van der Waals surface area contributed by atoms with Gasteiger partial charge in [-0.15, -0.1) is 0 Å². The third-order valence-electron chi connectivity index (χ3n) is 3.73. The molecule has 104 valence electrons. The highest BCUT2D eigenvalue weighted by molar-refractivity contribution is 5.69. The Labute approximate surface area is 108 Å². The van der Waals surface area contributed by atoms with Gasteiger partial charge in [0.05, 0.1) is 26.2 Å². The number of hydrogen-bond donors (Lipinski definition) is 1. The van der Waals surface area contributed by atoms with Gasteiger partial charge in [-0.05, 0) is 38.8 Å². The average molecular weight is 257 g/mol. The Kier molecular flexibility index (Phi) is 4.59. The van der Waals surface area contributed by atoms with E-state index in [-0.39, 0.29) is 18.5 Å². The molecule has 2 saturated heterocycles. The van der Waals surface area contributed by atoms with Crippen molar-refractivity contribution in [3.05, 3.63) is 0 Å². The maximum absolute atomic E-state index is 11.2. The van der Waals surface area contributed by atoms with E-state index in [1.165, 1.54) is 20.0 Å². The lowest BCUT2D eigenvalue weighted by molar-refractivity contribution is -0.171. The van der Waals surface area contributed by atoms with Crippen LogP contribution in [0.25, 0.3) is 0 Å². The lowest BCUT2D eigenvalue weighted by atomic mass is 9.91. The molecular formula is C13H23NO4. The Hall–Kier alpha value is -0.650. The first-order chi connectivity index (χ1) is 8.61. The van der Waals surface area contributed by atoms with Gasteiger partial charge in [-0.2, -0.15) is 0 Å². The van der Waals surface area contributed by atoms with E-state index in [2.05, 4.69) is 10.1 Å². The van der Waals surface area contributed by atoms with Gasteiger partial charge >= 0.3 is 5.97 Å². The van der Waals surface area contributed by atoms with Crippen LogP contribution in [0, 0.1) is 5.92 Å². The van der Waals surface area contributed by atoms with E-state index in [1.807, 2.05) is 6.92 Å². The zero-order chi connectivity index (χ0) is 13.0. The second-order valence-electron chi connectivity index (χ2n) is 5.36. The van der Waals surface area contributed by atoms with E-state index in [0.717, 1.165) is 19.5 Å². The highest BCUT2D eigenvalue weighted by atomic mass is 16.7. The maximum Gasteiger partial charge on any atom is 0.308 e. The lowest BCUT2D eigenvalue weighted by Crippen LogP contribution is -2.35. The number of ether oxygens (including phenoxy) is 3. The molecule has 0 aromatic heterocycles. The number of piperidine rings is 1. The van der Waals surface area contributed by atoms with Crippen molar-refractivity contribution in [3.8, 4) is 0 Å². The first kappa shape index (κ1) is 13.8. The molecule has 5 nitrogen and oxygen atoms in total.